The van der Waals surface area contributed by atoms with Crippen molar-refractivity contribution in [3.8, 4) is 5.75 Å². The average Bonchev–Trinajstić information content (AvgIpc) is 2.05. The smallest absolute Gasteiger partial charge is 0.339 e. The van der Waals surface area contributed by atoms with Gasteiger partial charge in [0.2, 0.25) is 0 Å². The fraction of sp³-hybridized carbons (Fsp3) is 0. The van der Waals surface area contributed by atoms with Gasteiger partial charge in [-0.05, 0) is 39.9 Å². The molecule has 0 unspecified atom stereocenters. The second-order valence-electron chi connectivity index (χ2n) is 2.06. The zero-order valence-corrected chi connectivity index (χ0v) is 7.39. The van der Waals surface area contributed by atoms with E-state index in [-0.39, 0.29) is 11.3 Å². The number of hydrogen-bond acceptors (Lipinski definition) is 3. The van der Waals surface area contributed by atoms with E-state index in [9.17, 15) is 4.79 Å². The number of halogens is 1. The van der Waals surface area contributed by atoms with Crippen LogP contribution in [0.1, 0.15) is 10.4 Å². The van der Waals surface area contributed by atoms with Crippen LogP contribution in [0, 0.1) is 0 Å². The number of carboxylic acid groups (broad SMARTS) is 1. The summed E-state index contributed by atoms with van der Waals surface area (Å²) in [5, 5.41) is 17.6. The molecule has 0 aliphatic carbocycles. The number of carboxylic acids is 1. The maximum Gasteiger partial charge on any atom is 0.339 e. The SMILES string of the molecule is O=C(O)c1cc(SCl)ccc1O. The lowest BCUT2D eigenvalue weighted by atomic mass is 10.2. The molecule has 64 valence electrons. The fourth-order valence-corrected chi connectivity index (χ4v) is 1.30. The molecular weight excluding hydrogens is 200 g/mol. The van der Waals surface area contributed by atoms with Gasteiger partial charge in [-0.15, -0.1) is 0 Å². The number of hydrogen-bond donors (Lipinski definition) is 2. The van der Waals surface area contributed by atoms with E-state index >= 15 is 0 Å². The predicted molar refractivity (Wildman–Crippen MR) is 46.8 cm³/mol. The van der Waals surface area contributed by atoms with Crippen LogP contribution in [-0.2, 0) is 0 Å². The van der Waals surface area contributed by atoms with E-state index in [1.54, 1.807) is 6.07 Å². The van der Waals surface area contributed by atoms with Crippen molar-refractivity contribution in [1.82, 2.24) is 0 Å². The topological polar surface area (TPSA) is 57.5 Å². The van der Waals surface area contributed by atoms with Crippen molar-refractivity contribution >= 4 is 27.6 Å². The first-order valence-corrected chi connectivity index (χ1v) is 4.64. The van der Waals surface area contributed by atoms with Crippen LogP contribution in [0.5, 0.6) is 5.75 Å². The number of rotatable bonds is 2. The largest absolute Gasteiger partial charge is 0.507 e. The molecule has 1 aromatic carbocycles. The molecule has 1 aromatic rings. The number of carbonyl (C=O) groups is 1. The van der Waals surface area contributed by atoms with Gasteiger partial charge in [-0.1, -0.05) is 0 Å². The third-order valence-corrected chi connectivity index (χ3v) is 2.25. The summed E-state index contributed by atoms with van der Waals surface area (Å²) in [6, 6.07) is 4.16. The minimum atomic E-state index is -1.17. The zero-order chi connectivity index (χ0) is 9.14. The highest BCUT2D eigenvalue weighted by Gasteiger charge is 2.09. The van der Waals surface area contributed by atoms with Crippen molar-refractivity contribution in [2.45, 2.75) is 4.90 Å². The van der Waals surface area contributed by atoms with E-state index < -0.39 is 5.97 Å². The van der Waals surface area contributed by atoms with Crippen molar-refractivity contribution in [3.05, 3.63) is 23.8 Å². The Morgan fingerprint density at radius 1 is 1.50 bits per heavy atom. The van der Waals surface area contributed by atoms with Crippen LogP contribution in [0.15, 0.2) is 23.1 Å². The summed E-state index contributed by atoms with van der Waals surface area (Å²) in [5.74, 6) is -1.42. The molecule has 0 atom stereocenters. The van der Waals surface area contributed by atoms with Gasteiger partial charge in [-0.3, -0.25) is 0 Å². The van der Waals surface area contributed by atoms with E-state index in [0.717, 1.165) is 11.0 Å². The Morgan fingerprint density at radius 3 is 2.67 bits per heavy atom. The van der Waals surface area contributed by atoms with Crippen LogP contribution in [0.3, 0.4) is 0 Å². The van der Waals surface area contributed by atoms with Crippen LogP contribution in [0.4, 0.5) is 0 Å². The van der Waals surface area contributed by atoms with Gasteiger partial charge in [-0.2, -0.15) is 0 Å². The van der Waals surface area contributed by atoms with Crippen LogP contribution < -0.4 is 0 Å². The predicted octanol–water partition coefficient (Wildman–Crippen LogP) is 2.34. The first kappa shape index (κ1) is 9.22. The van der Waals surface area contributed by atoms with Crippen LogP contribution in [-0.4, -0.2) is 16.2 Å². The summed E-state index contributed by atoms with van der Waals surface area (Å²) < 4.78 is 0. The second-order valence-corrected chi connectivity index (χ2v) is 3.15. The van der Waals surface area contributed by atoms with Gasteiger partial charge in [0.25, 0.3) is 0 Å². The van der Waals surface area contributed by atoms with Gasteiger partial charge in [-0.25, -0.2) is 4.79 Å². The van der Waals surface area contributed by atoms with Crippen LogP contribution >= 0.6 is 21.7 Å². The lowest BCUT2D eigenvalue weighted by molar-refractivity contribution is 0.0693. The quantitative estimate of drug-likeness (QED) is 0.777. The highest BCUT2D eigenvalue weighted by molar-refractivity contribution is 8.21. The van der Waals surface area contributed by atoms with Crippen molar-refractivity contribution in [2.24, 2.45) is 0 Å². The summed E-state index contributed by atoms with van der Waals surface area (Å²) in [6.45, 7) is 0. The molecule has 0 saturated heterocycles. The minimum absolute atomic E-state index is 0.138. The standard InChI is InChI=1S/C7H5ClO3S/c8-12-4-1-2-6(9)5(3-4)7(10)11/h1-3,9H,(H,10,11). The molecule has 5 heteroatoms. The molecule has 0 bridgehead atoms. The highest BCUT2D eigenvalue weighted by Crippen LogP contribution is 2.27. The van der Waals surface area contributed by atoms with Gasteiger partial charge in [0, 0.05) is 4.90 Å². The molecule has 0 radical (unpaired) electrons. The minimum Gasteiger partial charge on any atom is -0.507 e. The van der Waals surface area contributed by atoms with E-state index in [4.69, 9.17) is 20.9 Å². The third kappa shape index (κ3) is 1.84. The lowest BCUT2D eigenvalue weighted by Gasteiger charge is -1.99. The second kappa shape index (κ2) is 3.69. The van der Waals surface area contributed by atoms with Crippen LogP contribution in [0.2, 0.25) is 0 Å². The fourth-order valence-electron chi connectivity index (χ4n) is 0.734. The summed E-state index contributed by atoms with van der Waals surface area (Å²) in [7, 11) is 6.30. The van der Waals surface area contributed by atoms with Gasteiger partial charge in [0.15, 0.2) is 0 Å². The van der Waals surface area contributed by atoms with E-state index in [1.807, 2.05) is 0 Å². The van der Waals surface area contributed by atoms with E-state index in [1.165, 1.54) is 12.1 Å². The monoisotopic (exact) mass is 204 g/mol. The average molecular weight is 205 g/mol. The summed E-state index contributed by atoms with van der Waals surface area (Å²) >= 11 is 0. The van der Waals surface area contributed by atoms with Gasteiger partial charge in [0.1, 0.15) is 11.3 Å². The molecule has 12 heavy (non-hydrogen) atoms. The van der Waals surface area contributed by atoms with E-state index in [0.29, 0.717) is 4.90 Å². The number of aromatic hydroxyl groups is 1. The van der Waals surface area contributed by atoms with Gasteiger partial charge in [0.05, 0.1) is 0 Å². The highest BCUT2D eigenvalue weighted by atomic mass is 35.7. The lowest BCUT2D eigenvalue weighted by Crippen LogP contribution is -1.96. The molecule has 3 nitrogen and oxygen atoms in total. The summed E-state index contributed by atoms with van der Waals surface area (Å²) in [4.78, 5) is 11.1. The van der Waals surface area contributed by atoms with Gasteiger partial charge < -0.3 is 10.2 Å². The summed E-state index contributed by atoms with van der Waals surface area (Å²) in [6.07, 6.45) is 0. The molecule has 0 fully saturated rings. The molecule has 2 N–H and O–H groups in total. The van der Waals surface area contributed by atoms with Gasteiger partial charge >= 0.3 is 5.97 Å². The molecule has 1 rings (SSSR count). The Hall–Kier alpha value is -0.870. The molecule has 0 aliphatic rings. The van der Waals surface area contributed by atoms with Crippen molar-refractivity contribution in [1.29, 1.82) is 0 Å². The molecule has 0 spiro atoms. The maximum absolute atomic E-state index is 10.5. The first-order valence-electron chi connectivity index (χ1n) is 3.00. The third-order valence-electron chi connectivity index (χ3n) is 1.29. The van der Waals surface area contributed by atoms with Crippen molar-refractivity contribution < 1.29 is 15.0 Å². The Bertz CT molecular complexity index is 314. The number of aromatic carboxylic acids is 1. The molecule has 0 aliphatic heterocycles. The molecule has 0 heterocycles. The maximum atomic E-state index is 10.5. The molecule has 0 saturated carbocycles. The number of phenols is 1. The normalized spacial score (nSPS) is 9.75. The Morgan fingerprint density at radius 2 is 2.17 bits per heavy atom. The van der Waals surface area contributed by atoms with Crippen molar-refractivity contribution in [2.75, 3.05) is 0 Å². The Balaban J connectivity index is 3.17. The summed E-state index contributed by atoms with van der Waals surface area (Å²) in [5.41, 5.74) is -0.138. The van der Waals surface area contributed by atoms with E-state index in [2.05, 4.69) is 0 Å². The molecular formula is C7H5ClO3S. The number of benzene rings is 1. The molecule has 0 amide bonds. The first-order chi connectivity index (χ1) is 5.65. The zero-order valence-electron chi connectivity index (χ0n) is 5.82. The van der Waals surface area contributed by atoms with Crippen LogP contribution in [0.25, 0.3) is 0 Å². The Labute approximate surface area is 77.5 Å². The van der Waals surface area contributed by atoms with Crippen molar-refractivity contribution in [3.63, 3.8) is 0 Å². The Kier molecular flexibility index (Phi) is 2.83. The molecule has 0 aromatic heterocycles.